The molecule has 1 amide bonds. The van der Waals surface area contributed by atoms with Gasteiger partial charge >= 0.3 is 0 Å². The molecule has 6 heteroatoms. The van der Waals surface area contributed by atoms with E-state index in [4.69, 9.17) is 4.84 Å². The van der Waals surface area contributed by atoms with E-state index < -0.39 is 0 Å². The maximum Gasteiger partial charge on any atom is 0.246 e. The van der Waals surface area contributed by atoms with Crippen LogP contribution in [0, 0.1) is 0 Å². The van der Waals surface area contributed by atoms with Crippen LogP contribution < -0.4 is 0 Å². The van der Waals surface area contributed by atoms with Crippen LogP contribution in [-0.4, -0.2) is 51.2 Å². The zero-order chi connectivity index (χ0) is 17.3. The molecule has 0 atom stereocenters. The van der Waals surface area contributed by atoms with Gasteiger partial charge in [0.1, 0.15) is 5.82 Å². The van der Waals surface area contributed by atoms with Crippen molar-refractivity contribution in [1.82, 2.24) is 19.5 Å². The van der Waals surface area contributed by atoms with Crippen LogP contribution >= 0.6 is 0 Å². The number of hydrogen-bond acceptors (Lipinski definition) is 4. The minimum Gasteiger partial charge on any atom is -0.304 e. The fraction of sp³-hybridized carbons (Fsp3) is 0.474. The lowest BCUT2D eigenvalue weighted by atomic mass is 9.86. The lowest BCUT2D eigenvalue weighted by Gasteiger charge is -2.43. The molecule has 6 nitrogen and oxygen atoms in total. The zero-order valence-corrected chi connectivity index (χ0v) is 14.6. The molecule has 0 saturated carbocycles. The van der Waals surface area contributed by atoms with Crippen LogP contribution in [0.1, 0.15) is 31.4 Å². The number of carbonyl (C=O) groups is 1. The van der Waals surface area contributed by atoms with Gasteiger partial charge in [-0.1, -0.05) is 6.07 Å². The molecule has 0 N–H and O–H groups in total. The first-order chi connectivity index (χ1) is 12.2. The van der Waals surface area contributed by atoms with Crippen LogP contribution in [-0.2, 0) is 16.2 Å². The highest BCUT2D eigenvalue weighted by atomic mass is 16.7. The zero-order valence-electron chi connectivity index (χ0n) is 14.6. The van der Waals surface area contributed by atoms with Crippen molar-refractivity contribution in [1.29, 1.82) is 0 Å². The number of amides is 1. The number of aromatic nitrogens is 2. The first-order valence-electron chi connectivity index (χ1n) is 8.89. The number of carbonyl (C=O) groups excluding carboxylic acids is 1. The average Bonchev–Trinajstić information content (AvgIpc) is 3.23. The van der Waals surface area contributed by atoms with Crippen molar-refractivity contribution in [2.45, 2.75) is 37.8 Å². The van der Waals surface area contributed by atoms with E-state index in [-0.39, 0.29) is 11.4 Å². The van der Waals surface area contributed by atoms with Gasteiger partial charge in [0.25, 0.3) is 0 Å². The Kier molecular flexibility index (Phi) is 4.31. The number of hydrogen-bond donors (Lipinski definition) is 0. The molecule has 25 heavy (non-hydrogen) atoms. The molecule has 2 aromatic rings. The van der Waals surface area contributed by atoms with Crippen molar-refractivity contribution >= 4 is 5.91 Å². The topological polar surface area (TPSA) is 50.6 Å². The predicted molar refractivity (Wildman–Crippen MR) is 93.9 cm³/mol. The van der Waals surface area contributed by atoms with Gasteiger partial charge in [-0.3, -0.25) is 14.5 Å². The smallest absolute Gasteiger partial charge is 0.246 e. The Hall–Kier alpha value is -2.18. The molecule has 0 unspecified atom stereocenters. The predicted octanol–water partition coefficient (Wildman–Crippen LogP) is 2.39. The van der Waals surface area contributed by atoms with Crippen molar-refractivity contribution in [3.8, 4) is 5.82 Å². The molecule has 132 valence electrons. The quantitative estimate of drug-likeness (QED) is 0.857. The molecule has 2 aromatic heterocycles. The largest absolute Gasteiger partial charge is 0.304 e. The molecule has 2 aliphatic rings. The average molecular weight is 340 g/mol. The summed E-state index contributed by atoms with van der Waals surface area (Å²) in [6.07, 6.45) is 7.34. The lowest BCUT2D eigenvalue weighted by Crippen LogP contribution is -2.52. The summed E-state index contributed by atoms with van der Waals surface area (Å²) < 4.78 is 2.14. The summed E-state index contributed by atoms with van der Waals surface area (Å²) in [5, 5.41) is 1.64. The van der Waals surface area contributed by atoms with E-state index in [0.717, 1.165) is 44.7 Å². The molecule has 2 aliphatic heterocycles. The third-order valence-electron chi connectivity index (χ3n) is 5.55. The number of hydroxylamine groups is 2. The van der Waals surface area contributed by atoms with E-state index in [9.17, 15) is 4.79 Å². The molecular formula is C19H24N4O2. The highest BCUT2D eigenvalue weighted by Gasteiger charge is 2.47. The summed E-state index contributed by atoms with van der Waals surface area (Å²) >= 11 is 0. The maximum atomic E-state index is 12.0. The molecule has 4 rings (SSSR count). The summed E-state index contributed by atoms with van der Waals surface area (Å²) in [4.78, 5) is 24.3. The van der Waals surface area contributed by atoms with Crippen LogP contribution in [0.3, 0.4) is 0 Å². The Morgan fingerprint density at radius 2 is 2.00 bits per heavy atom. The third-order valence-corrected chi connectivity index (χ3v) is 5.55. The molecule has 4 heterocycles. The van der Waals surface area contributed by atoms with Gasteiger partial charge in [-0.05, 0) is 43.5 Å². The molecule has 2 fully saturated rings. The summed E-state index contributed by atoms with van der Waals surface area (Å²) in [6, 6.07) is 10.2. The van der Waals surface area contributed by atoms with Crippen molar-refractivity contribution < 1.29 is 9.63 Å². The minimum atomic E-state index is -0.0920. The maximum absolute atomic E-state index is 12.0. The Bertz CT molecular complexity index is 735. The van der Waals surface area contributed by atoms with Crippen LogP contribution in [0.25, 0.3) is 5.82 Å². The number of rotatable bonds is 4. The highest BCUT2D eigenvalue weighted by Crippen LogP contribution is 2.39. The molecule has 2 saturated heterocycles. The summed E-state index contributed by atoms with van der Waals surface area (Å²) in [5.41, 5.74) is 1.14. The van der Waals surface area contributed by atoms with E-state index in [1.165, 1.54) is 5.69 Å². The van der Waals surface area contributed by atoms with Gasteiger partial charge in [-0.2, -0.15) is 0 Å². The number of pyridine rings is 1. The summed E-state index contributed by atoms with van der Waals surface area (Å²) in [7, 11) is 1.61. The van der Waals surface area contributed by atoms with Gasteiger partial charge in [0, 0.05) is 44.1 Å². The van der Waals surface area contributed by atoms with E-state index >= 15 is 0 Å². The van der Waals surface area contributed by atoms with Crippen LogP contribution in [0.15, 0.2) is 42.7 Å². The monoisotopic (exact) mass is 340 g/mol. The van der Waals surface area contributed by atoms with Crippen LogP contribution in [0.5, 0.6) is 0 Å². The fourth-order valence-corrected chi connectivity index (χ4v) is 4.18. The van der Waals surface area contributed by atoms with Gasteiger partial charge in [-0.25, -0.2) is 10.0 Å². The van der Waals surface area contributed by atoms with E-state index in [1.54, 1.807) is 12.2 Å². The lowest BCUT2D eigenvalue weighted by molar-refractivity contribution is -0.202. The SMILES string of the molecule is CON1C(=O)CCC12CCN(Cc1cccn1-c1ccccn1)CC2. The van der Waals surface area contributed by atoms with Crippen molar-refractivity contribution in [2.24, 2.45) is 0 Å². The molecule has 0 aromatic carbocycles. The summed E-state index contributed by atoms with van der Waals surface area (Å²) in [5.74, 6) is 1.07. The molecular weight excluding hydrogens is 316 g/mol. The standard InChI is InChI=1S/C19H24N4O2/c1-25-23-18(24)7-8-19(23)9-13-21(14-10-19)15-16-5-4-12-22(16)17-6-2-3-11-20-17/h2-6,11-12H,7-10,13-15H2,1H3. The van der Waals surface area contributed by atoms with Crippen LogP contribution in [0.4, 0.5) is 0 Å². The molecule has 0 bridgehead atoms. The number of nitrogens with zero attached hydrogens (tertiary/aromatic N) is 4. The van der Waals surface area contributed by atoms with Crippen molar-refractivity contribution in [2.75, 3.05) is 20.2 Å². The first-order valence-corrected chi connectivity index (χ1v) is 8.89. The first kappa shape index (κ1) is 16.3. The highest BCUT2D eigenvalue weighted by molar-refractivity contribution is 5.78. The molecule has 0 aliphatic carbocycles. The minimum absolute atomic E-state index is 0.0920. The second kappa shape index (κ2) is 6.61. The normalized spacial score (nSPS) is 20.5. The van der Waals surface area contributed by atoms with E-state index in [1.807, 2.05) is 24.4 Å². The van der Waals surface area contributed by atoms with Crippen molar-refractivity contribution in [3.63, 3.8) is 0 Å². The summed E-state index contributed by atoms with van der Waals surface area (Å²) in [6.45, 7) is 2.83. The second-order valence-electron chi connectivity index (χ2n) is 6.93. The number of piperidine rings is 1. The van der Waals surface area contributed by atoms with Gasteiger partial charge in [0.15, 0.2) is 0 Å². The van der Waals surface area contributed by atoms with E-state index in [2.05, 4.69) is 32.8 Å². The third kappa shape index (κ3) is 2.96. The molecule has 1 spiro atoms. The second-order valence-corrected chi connectivity index (χ2v) is 6.93. The van der Waals surface area contributed by atoms with E-state index in [0.29, 0.717) is 6.42 Å². The Labute approximate surface area is 148 Å². The van der Waals surface area contributed by atoms with Gasteiger partial charge < -0.3 is 4.57 Å². The Balaban J connectivity index is 1.44. The van der Waals surface area contributed by atoms with Gasteiger partial charge in [0.05, 0.1) is 12.6 Å². The molecule has 0 radical (unpaired) electrons. The van der Waals surface area contributed by atoms with Gasteiger partial charge in [0.2, 0.25) is 5.91 Å². The van der Waals surface area contributed by atoms with Crippen molar-refractivity contribution in [3.05, 3.63) is 48.4 Å². The Morgan fingerprint density at radius 3 is 2.72 bits per heavy atom. The Morgan fingerprint density at radius 1 is 1.16 bits per heavy atom. The number of likely N-dealkylation sites (tertiary alicyclic amines) is 1. The van der Waals surface area contributed by atoms with Gasteiger partial charge in [-0.15, -0.1) is 0 Å². The van der Waals surface area contributed by atoms with Crippen LogP contribution in [0.2, 0.25) is 0 Å². The fourth-order valence-electron chi connectivity index (χ4n) is 4.18.